The monoisotopic (exact) mass is 458 g/mol. The summed E-state index contributed by atoms with van der Waals surface area (Å²) in [6, 6.07) is 15.2. The first kappa shape index (κ1) is 20.8. The predicted octanol–water partition coefficient (Wildman–Crippen LogP) is 5.99. The van der Waals surface area contributed by atoms with E-state index in [1.165, 1.54) is 0 Å². The summed E-state index contributed by atoms with van der Waals surface area (Å²) in [5, 5.41) is 4.90. The third-order valence-corrected chi connectivity index (χ3v) is 5.65. The Labute approximate surface area is 190 Å². The maximum absolute atomic E-state index is 6.10. The van der Waals surface area contributed by atoms with Gasteiger partial charge < -0.3 is 15.0 Å². The molecule has 2 heterocycles. The fourth-order valence-electron chi connectivity index (χ4n) is 3.50. The molecule has 2 unspecified atom stereocenters. The van der Waals surface area contributed by atoms with Crippen molar-refractivity contribution in [3.8, 4) is 5.88 Å². The minimum atomic E-state index is -0.177. The zero-order valence-corrected chi connectivity index (χ0v) is 18.8. The Kier molecular flexibility index (Phi) is 6.09. The molecule has 1 aliphatic rings. The quantitative estimate of drug-likeness (QED) is 0.461. The van der Waals surface area contributed by atoms with Crippen LogP contribution in [0.2, 0.25) is 10.0 Å². The van der Waals surface area contributed by atoms with E-state index in [1.54, 1.807) is 0 Å². The highest BCUT2D eigenvalue weighted by molar-refractivity contribution is 7.71. The second kappa shape index (κ2) is 8.76. The first-order valence-electron chi connectivity index (χ1n) is 9.55. The predicted molar refractivity (Wildman–Crippen MR) is 123 cm³/mol. The fraction of sp³-hybridized carbons (Fsp3) is 0.227. The number of hydrogen-bond acceptors (Lipinski definition) is 5. The lowest BCUT2D eigenvalue weighted by Gasteiger charge is -2.20. The van der Waals surface area contributed by atoms with Crippen LogP contribution in [0, 0.1) is 11.6 Å². The zero-order chi connectivity index (χ0) is 21.3. The minimum absolute atomic E-state index is 0.108. The first-order valence-corrected chi connectivity index (χ1v) is 10.7. The number of aryl methyl sites for hydroxylation is 1. The molecule has 154 valence electrons. The lowest BCUT2D eigenvalue weighted by atomic mass is 9.95. The molecule has 2 N–H and O–H groups in total. The van der Waals surface area contributed by atoms with Crippen molar-refractivity contribution in [3.63, 3.8) is 0 Å². The molecule has 8 heteroatoms. The van der Waals surface area contributed by atoms with Crippen molar-refractivity contribution in [1.29, 1.82) is 0 Å². The smallest absolute Gasteiger partial charge is 0.206 e. The SMILES string of the molecule is CCOc1[nH]c(C)nc(=S)c1C1=NC(c2ccc(Cl)cc2)C(c2ccc(Cl)cc2)N1. The largest absolute Gasteiger partial charge is 0.479 e. The Balaban J connectivity index is 1.82. The highest BCUT2D eigenvalue weighted by Gasteiger charge is 2.33. The summed E-state index contributed by atoms with van der Waals surface area (Å²) in [6.07, 6.45) is 0. The van der Waals surface area contributed by atoms with E-state index in [9.17, 15) is 0 Å². The van der Waals surface area contributed by atoms with Crippen molar-refractivity contribution in [2.24, 2.45) is 4.99 Å². The van der Waals surface area contributed by atoms with Crippen LogP contribution in [0.5, 0.6) is 5.88 Å². The second-order valence-electron chi connectivity index (χ2n) is 6.91. The summed E-state index contributed by atoms with van der Waals surface area (Å²) in [5.41, 5.74) is 2.76. The van der Waals surface area contributed by atoms with Crippen LogP contribution in [0.4, 0.5) is 0 Å². The molecule has 1 aliphatic heterocycles. The molecule has 30 heavy (non-hydrogen) atoms. The van der Waals surface area contributed by atoms with Crippen LogP contribution >= 0.6 is 35.4 Å². The number of aromatic amines is 1. The van der Waals surface area contributed by atoms with Crippen LogP contribution in [0.15, 0.2) is 53.5 Å². The summed E-state index contributed by atoms with van der Waals surface area (Å²) in [5.74, 6) is 1.90. The molecular weight excluding hydrogens is 439 g/mol. The Hall–Kier alpha value is -2.41. The van der Waals surface area contributed by atoms with Gasteiger partial charge in [-0.3, -0.25) is 4.99 Å². The van der Waals surface area contributed by atoms with Crippen molar-refractivity contribution in [3.05, 3.63) is 85.7 Å². The molecule has 0 amide bonds. The van der Waals surface area contributed by atoms with Gasteiger partial charge in [0.1, 0.15) is 27.9 Å². The Morgan fingerprint density at radius 3 is 2.20 bits per heavy atom. The third kappa shape index (κ3) is 4.21. The molecule has 0 fully saturated rings. The van der Waals surface area contributed by atoms with Crippen molar-refractivity contribution in [2.75, 3.05) is 6.61 Å². The number of nitrogens with one attached hydrogen (secondary N) is 2. The summed E-state index contributed by atoms with van der Waals surface area (Å²) in [7, 11) is 0. The standard InChI is InChI=1S/C22H20Cl2N4OS/c1-3-29-21-17(22(30)26-12(2)25-21)20-27-18(13-4-8-15(23)9-5-13)19(28-20)14-6-10-16(24)11-7-14/h4-11,18-19H,3H2,1-2H3,(H,27,28)(H,25,26,30). The topological polar surface area (TPSA) is 62.3 Å². The lowest BCUT2D eigenvalue weighted by molar-refractivity contribution is 0.324. The number of amidine groups is 1. The molecule has 0 aliphatic carbocycles. The molecule has 2 aromatic carbocycles. The van der Waals surface area contributed by atoms with Gasteiger partial charge >= 0.3 is 0 Å². The minimum Gasteiger partial charge on any atom is -0.479 e. The third-order valence-electron chi connectivity index (χ3n) is 4.85. The molecule has 0 saturated carbocycles. The van der Waals surface area contributed by atoms with Gasteiger partial charge in [0.15, 0.2) is 0 Å². The Morgan fingerprint density at radius 1 is 1.00 bits per heavy atom. The number of rotatable bonds is 5. The Bertz CT molecular complexity index is 1140. The fourth-order valence-corrected chi connectivity index (χ4v) is 4.08. The van der Waals surface area contributed by atoms with E-state index in [0.717, 1.165) is 11.1 Å². The van der Waals surface area contributed by atoms with Gasteiger partial charge in [0.25, 0.3) is 0 Å². The van der Waals surface area contributed by atoms with E-state index in [-0.39, 0.29) is 12.1 Å². The van der Waals surface area contributed by atoms with Crippen molar-refractivity contribution >= 4 is 41.3 Å². The number of benzene rings is 2. The van der Waals surface area contributed by atoms with Gasteiger partial charge in [-0.25, -0.2) is 4.98 Å². The second-order valence-corrected chi connectivity index (χ2v) is 8.17. The molecule has 0 saturated heterocycles. The molecule has 1 aromatic heterocycles. The average molecular weight is 459 g/mol. The van der Waals surface area contributed by atoms with Gasteiger partial charge in [0, 0.05) is 10.0 Å². The van der Waals surface area contributed by atoms with Crippen LogP contribution in [0.25, 0.3) is 0 Å². The molecule has 0 spiro atoms. The average Bonchev–Trinajstić information content (AvgIpc) is 3.13. The zero-order valence-electron chi connectivity index (χ0n) is 16.4. The van der Waals surface area contributed by atoms with Gasteiger partial charge in [-0.15, -0.1) is 0 Å². The first-order chi connectivity index (χ1) is 14.5. The number of aliphatic imine (C=N–C) groups is 1. The van der Waals surface area contributed by atoms with Gasteiger partial charge in [-0.1, -0.05) is 59.7 Å². The molecule has 5 nitrogen and oxygen atoms in total. The van der Waals surface area contributed by atoms with Crippen LogP contribution < -0.4 is 10.1 Å². The van der Waals surface area contributed by atoms with E-state index >= 15 is 0 Å². The Morgan fingerprint density at radius 2 is 1.60 bits per heavy atom. The number of halogens is 2. The number of hydrogen-bond donors (Lipinski definition) is 2. The molecule has 2 atom stereocenters. The van der Waals surface area contributed by atoms with E-state index in [4.69, 9.17) is 45.1 Å². The number of nitrogens with zero attached hydrogens (tertiary/aromatic N) is 2. The molecule has 0 radical (unpaired) electrons. The summed E-state index contributed by atoms with van der Waals surface area (Å²) < 4.78 is 6.24. The number of aromatic nitrogens is 2. The van der Waals surface area contributed by atoms with E-state index in [0.29, 0.717) is 44.4 Å². The van der Waals surface area contributed by atoms with Crippen LogP contribution in [-0.2, 0) is 0 Å². The van der Waals surface area contributed by atoms with Gasteiger partial charge in [0.2, 0.25) is 5.88 Å². The maximum atomic E-state index is 6.10. The number of ether oxygens (including phenoxy) is 1. The number of H-pyrrole nitrogens is 1. The van der Waals surface area contributed by atoms with Gasteiger partial charge in [-0.05, 0) is 49.2 Å². The molecule has 0 bridgehead atoms. The van der Waals surface area contributed by atoms with Crippen molar-refractivity contribution in [1.82, 2.24) is 15.3 Å². The maximum Gasteiger partial charge on any atom is 0.206 e. The molecule has 3 aromatic rings. The van der Waals surface area contributed by atoms with Gasteiger partial charge in [0.05, 0.1) is 12.6 Å². The normalized spacial score (nSPS) is 18.1. The molecular formula is C22H20Cl2N4OS. The summed E-state index contributed by atoms with van der Waals surface area (Å²) in [4.78, 5) is 12.6. The summed E-state index contributed by atoms with van der Waals surface area (Å²) >= 11 is 17.8. The van der Waals surface area contributed by atoms with Crippen LogP contribution in [-0.4, -0.2) is 22.4 Å². The van der Waals surface area contributed by atoms with E-state index in [1.807, 2.05) is 62.4 Å². The summed E-state index contributed by atoms with van der Waals surface area (Å²) in [6.45, 7) is 4.27. The molecule has 4 rings (SSSR count). The van der Waals surface area contributed by atoms with E-state index < -0.39 is 0 Å². The van der Waals surface area contributed by atoms with Gasteiger partial charge in [-0.2, -0.15) is 0 Å². The van der Waals surface area contributed by atoms with Crippen LogP contribution in [0.1, 0.15) is 41.5 Å². The van der Waals surface area contributed by atoms with Crippen molar-refractivity contribution in [2.45, 2.75) is 25.9 Å². The highest BCUT2D eigenvalue weighted by atomic mass is 35.5. The van der Waals surface area contributed by atoms with Crippen LogP contribution in [0.3, 0.4) is 0 Å². The van der Waals surface area contributed by atoms with Crippen molar-refractivity contribution < 1.29 is 4.74 Å². The highest BCUT2D eigenvalue weighted by Crippen LogP contribution is 2.38. The lowest BCUT2D eigenvalue weighted by Crippen LogP contribution is -2.26. The van der Waals surface area contributed by atoms with E-state index in [2.05, 4.69) is 15.3 Å².